The van der Waals surface area contributed by atoms with Crippen LogP contribution in [-0.2, 0) is 16.6 Å². The van der Waals surface area contributed by atoms with Crippen molar-refractivity contribution in [3.8, 4) is 0 Å². The Hall–Kier alpha value is -1.89. The van der Waals surface area contributed by atoms with Gasteiger partial charge < -0.3 is 9.64 Å². The summed E-state index contributed by atoms with van der Waals surface area (Å²) in [5, 5.41) is 4.21. The molecule has 0 atom stereocenters. The molecule has 1 aromatic rings. The number of hydrogen-bond acceptors (Lipinski definition) is 5. The monoisotopic (exact) mass is 294 g/mol. The Kier molecular flexibility index (Phi) is 4.95. The van der Waals surface area contributed by atoms with Crippen molar-refractivity contribution in [2.75, 3.05) is 39.8 Å². The third-order valence-electron chi connectivity index (χ3n) is 3.74. The number of amides is 1. The second-order valence-corrected chi connectivity index (χ2v) is 5.25. The molecule has 1 aliphatic rings. The molecule has 7 nitrogen and oxygen atoms in total. The third-order valence-corrected chi connectivity index (χ3v) is 3.74. The van der Waals surface area contributed by atoms with Crippen LogP contribution in [0, 0.1) is 6.92 Å². The number of carbonyl (C=O) groups is 2. The zero-order valence-electron chi connectivity index (χ0n) is 12.8. The van der Waals surface area contributed by atoms with Gasteiger partial charge in [0.05, 0.1) is 19.2 Å². The molecule has 2 heterocycles. The first-order valence-corrected chi connectivity index (χ1v) is 7.10. The van der Waals surface area contributed by atoms with Gasteiger partial charge in [-0.05, 0) is 13.0 Å². The SMILES string of the molecule is COC(=O)CCN1CCN(C(=O)c2cc(C)nn2C)CC1. The van der Waals surface area contributed by atoms with Gasteiger partial charge in [0.1, 0.15) is 5.69 Å². The zero-order valence-corrected chi connectivity index (χ0v) is 12.8. The fourth-order valence-electron chi connectivity index (χ4n) is 2.50. The van der Waals surface area contributed by atoms with E-state index in [0.717, 1.165) is 18.8 Å². The van der Waals surface area contributed by atoms with Crippen molar-refractivity contribution >= 4 is 11.9 Å². The summed E-state index contributed by atoms with van der Waals surface area (Å²) in [6.45, 7) is 5.45. The number of rotatable bonds is 4. The maximum atomic E-state index is 12.4. The van der Waals surface area contributed by atoms with Crippen molar-refractivity contribution in [3.63, 3.8) is 0 Å². The Morgan fingerprint density at radius 1 is 1.29 bits per heavy atom. The summed E-state index contributed by atoms with van der Waals surface area (Å²) in [6, 6.07) is 1.81. The lowest BCUT2D eigenvalue weighted by Gasteiger charge is -2.34. The van der Waals surface area contributed by atoms with Crippen LogP contribution in [0.2, 0.25) is 0 Å². The van der Waals surface area contributed by atoms with Gasteiger partial charge in [0.15, 0.2) is 0 Å². The number of ether oxygens (including phenoxy) is 1. The Labute approximate surface area is 124 Å². The van der Waals surface area contributed by atoms with Gasteiger partial charge in [0.25, 0.3) is 5.91 Å². The summed E-state index contributed by atoms with van der Waals surface area (Å²) in [6.07, 6.45) is 0.394. The molecule has 0 radical (unpaired) electrons. The van der Waals surface area contributed by atoms with E-state index >= 15 is 0 Å². The van der Waals surface area contributed by atoms with Crippen molar-refractivity contribution < 1.29 is 14.3 Å². The molecule has 1 aliphatic heterocycles. The second kappa shape index (κ2) is 6.71. The minimum Gasteiger partial charge on any atom is -0.469 e. The number of piperazine rings is 1. The van der Waals surface area contributed by atoms with Crippen molar-refractivity contribution in [1.82, 2.24) is 19.6 Å². The molecule has 1 amide bonds. The van der Waals surface area contributed by atoms with Crippen molar-refractivity contribution in [2.24, 2.45) is 7.05 Å². The highest BCUT2D eigenvalue weighted by atomic mass is 16.5. The summed E-state index contributed by atoms with van der Waals surface area (Å²) in [4.78, 5) is 27.6. The van der Waals surface area contributed by atoms with E-state index in [4.69, 9.17) is 0 Å². The van der Waals surface area contributed by atoms with Gasteiger partial charge in [-0.25, -0.2) is 0 Å². The summed E-state index contributed by atoms with van der Waals surface area (Å²) < 4.78 is 6.26. The summed E-state index contributed by atoms with van der Waals surface area (Å²) in [5.41, 5.74) is 1.47. The summed E-state index contributed by atoms with van der Waals surface area (Å²) in [5.74, 6) is -0.176. The minimum atomic E-state index is -0.195. The highest BCUT2D eigenvalue weighted by molar-refractivity contribution is 5.92. The first-order chi connectivity index (χ1) is 10.0. The van der Waals surface area contributed by atoms with Gasteiger partial charge in [-0.2, -0.15) is 5.10 Å². The fourth-order valence-corrected chi connectivity index (χ4v) is 2.50. The molecule has 0 unspecified atom stereocenters. The van der Waals surface area contributed by atoms with Gasteiger partial charge in [0, 0.05) is 39.8 Å². The summed E-state index contributed by atoms with van der Waals surface area (Å²) >= 11 is 0. The Bertz CT molecular complexity index is 518. The highest BCUT2D eigenvalue weighted by Crippen LogP contribution is 2.10. The van der Waals surface area contributed by atoms with Crippen LogP contribution in [0.3, 0.4) is 0 Å². The lowest BCUT2D eigenvalue weighted by atomic mass is 10.2. The molecule has 0 saturated carbocycles. The van der Waals surface area contributed by atoms with Gasteiger partial charge >= 0.3 is 5.97 Å². The van der Waals surface area contributed by atoms with E-state index in [0.29, 0.717) is 31.7 Å². The van der Waals surface area contributed by atoms with Crippen LogP contribution in [0.4, 0.5) is 0 Å². The average molecular weight is 294 g/mol. The van der Waals surface area contributed by atoms with Crippen LogP contribution in [0.25, 0.3) is 0 Å². The zero-order chi connectivity index (χ0) is 15.4. The maximum absolute atomic E-state index is 12.4. The molecule has 1 saturated heterocycles. The van der Waals surface area contributed by atoms with E-state index in [1.54, 1.807) is 11.7 Å². The highest BCUT2D eigenvalue weighted by Gasteiger charge is 2.24. The first kappa shape index (κ1) is 15.5. The molecular weight excluding hydrogens is 272 g/mol. The number of hydrogen-bond donors (Lipinski definition) is 0. The van der Waals surface area contributed by atoms with Gasteiger partial charge in [0.2, 0.25) is 0 Å². The largest absolute Gasteiger partial charge is 0.469 e. The van der Waals surface area contributed by atoms with Gasteiger partial charge in [-0.3, -0.25) is 19.2 Å². The molecule has 0 aromatic carbocycles. The molecule has 0 aliphatic carbocycles. The molecule has 1 fully saturated rings. The van der Waals surface area contributed by atoms with E-state index in [2.05, 4.69) is 14.7 Å². The second-order valence-electron chi connectivity index (χ2n) is 5.25. The van der Waals surface area contributed by atoms with E-state index < -0.39 is 0 Å². The van der Waals surface area contributed by atoms with Crippen LogP contribution < -0.4 is 0 Å². The number of methoxy groups -OCH3 is 1. The van der Waals surface area contributed by atoms with E-state index in [9.17, 15) is 9.59 Å². The standard InChI is InChI=1S/C14H22N4O3/c1-11-10-12(16(2)15-11)14(20)18-8-6-17(7-9-18)5-4-13(19)21-3/h10H,4-9H2,1-3H3. The lowest BCUT2D eigenvalue weighted by molar-refractivity contribution is -0.141. The number of esters is 1. The number of aryl methyl sites for hydroxylation is 2. The van der Waals surface area contributed by atoms with Crippen molar-refractivity contribution in [3.05, 3.63) is 17.5 Å². The topological polar surface area (TPSA) is 67.7 Å². The summed E-state index contributed by atoms with van der Waals surface area (Å²) in [7, 11) is 3.18. The third kappa shape index (κ3) is 3.81. The smallest absolute Gasteiger partial charge is 0.306 e. The fraction of sp³-hybridized carbons (Fsp3) is 0.643. The Morgan fingerprint density at radius 2 is 1.95 bits per heavy atom. The molecule has 1 aromatic heterocycles. The maximum Gasteiger partial charge on any atom is 0.306 e. The minimum absolute atomic E-state index is 0.0192. The van der Waals surface area contributed by atoms with Crippen LogP contribution in [0.15, 0.2) is 6.07 Å². The predicted molar refractivity (Wildman–Crippen MR) is 76.9 cm³/mol. The van der Waals surface area contributed by atoms with E-state index in [1.165, 1.54) is 7.11 Å². The molecule has 21 heavy (non-hydrogen) atoms. The van der Waals surface area contributed by atoms with Crippen molar-refractivity contribution in [1.29, 1.82) is 0 Å². The average Bonchev–Trinajstić information content (AvgIpc) is 2.83. The number of carbonyl (C=O) groups excluding carboxylic acids is 2. The van der Waals surface area contributed by atoms with Crippen molar-refractivity contribution in [2.45, 2.75) is 13.3 Å². The first-order valence-electron chi connectivity index (χ1n) is 7.10. The number of aromatic nitrogens is 2. The molecular formula is C14H22N4O3. The molecule has 2 rings (SSSR count). The number of nitrogens with zero attached hydrogens (tertiary/aromatic N) is 4. The molecule has 116 valence electrons. The van der Waals surface area contributed by atoms with Crippen LogP contribution in [-0.4, -0.2) is 71.3 Å². The molecule has 0 N–H and O–H groups in total. The predicted octanol–water partition coefficient (Wildman–Crippen LogP) is 0.0494. The van der Waals surface area contributed by atoms with Crippen LogP contribution in [0.1, 0.15) is 22.6 Å². The van der Waals surface area contributed by atoms with Gasteiger partial charge in [-0.1, -0.05) is 0 Å². The molecule has 0 spiro atoms. The molecule has 0 bridgehead atoms. The molecule has 7 heteroatoms. The van der Waals surface area contributed by atoms with Gasteiger partial charge in [-0.15, -0.1) is 0 Å². The van der Waals surface area contributed by atoms with E-state index in [-0.39, 0.29) is 11.9 Å². The Morgan fingerprint density at radius 3 is 2.48 bits per heavy atom. The lowest BCUT2D eigenvalue weighted by Crippen LogP contribution is -2.49. The van der Waals surface area contributed by atoms with Crippen LogP contribution >= 0.6 is 0 Å². The van der Waals surface area contributed by atoms with E-state index in [1.807, 2.05) is 17.9 Å². The normalized spacial score (nSPS) is 16.0. The quantitative estimate of drug-likeness (QED) is 0.734. The Balaban J connectivity index is 1.85. The van der Waals surface area contributed by atoms with Crippen LogP contribution in [0.5, 0.6) is 0 Å².